The molecule has 0 atom stereocenters. The molecule has 0 saturated heterocycles. The van der Waals surface area contributed by atoms with Crippen LogP contribution in [0.4, 0.5) is 4.39 Å². The van der Waals surface area contributed by atoms with Gasteiger partial charge in [0.1, 0.15) is 5.82 Å². The molecule has 0 bridgehead atoms. The van der Waals surface area contributed by atoms with Crippen molar-refractivity contribution in [3.63, 3.8) is 0 Å². The molecule has 4 rings (SSSR count). The first-order valence-corrected chi connectivity index (χ1v) is 10.6. The van der Waals surface area contributed by atoms with E-state index in [0.29, 0.717) is 35.4 Å². The number of ether oxygens (including phenoxy) is 1. The fourth-order valence-corrected chi connectivity index (χ4v) is 3.17. The van der Waals surface area contributed by atoms with Crippen LogP contribution in [0.15, 0.2) is 64.0 Å². The van der Waals surface area contributed by atoms with E-state index < -0.39 is 0 Å². The highest BCUT2D eigenvalue weighted by Gasteiger charge is 2.12. The Balaban J connectivity index is 1.50. The van der Waals surface area contributed by atoms with Gasteiger partial charge >= 0.3 is 0 Å². The van der Waals surface area contributed by atoms with Crippen molar-refractivity contribution in [2.75, 3.05) is 6.26 Å². The Labute approximate surface area is 177 Å². The summed E-state index contributed by atoms with van der Waals surface area (Å²) >= 11 is 1.67. The zero-order valence-corrected chi connectivity index (χ0v) is 17.3. The highest BCUT2D eigenvalue weighted by atomic mass is 32.2. The first-order chi connectivity index (χ1) is 14.6. The summed E-state index contributed by atoms with van der Waals surface area (Å²) in [5.41, 5.74) is 2.40. The molecule has 6 nitrogen and oxygen atoms in total. The smallest absolute Gasteiger partial charge is 0.264 e. The lowest BCUT2D eigenvalue weighted by molar-refractivity contribution is 0.235. The third kappa shape index (κ3) is 4.65. The Morgan fingerprint density at radius 2 is 1.63 bits per heavy atom. The predicted octanol–water partition coefficient (Wildman–Crippen LogP) is 5.20. The van der Waals surface area contributed by atoms with Crippen LogP contribution >= 0.6 is 11.8 Å². The Hall–Kier alpha value is -3.26. The zero-order chi connectivity index (χ0) is 20.9. The molecule has 2 heterocycles. The van der Waals surface area contributed by atoms with E-state index in [1.54, 1.807) is 30.0 Å². The van der Waals surface area contributed by atoms with Gasteiger partial charge in [0.2, 0.25) is 11.7 Å². The Kier molecular flexibility index (Phi) is 6.04. The van der Waals surface area contributed by atoms with Gasteiger partial charge in [-0.25, -0.2) is 9.37 Å². The Bertz CT molecular complexity index is 1130. The molecule has 0 radical (unpaired) electrons. The van der Waals surface area contributed by atoms with Crippen molar-refractivity contribution in [3.05, 3.63) is 72.0 Å². The van der Waals surface area contributed by atoms with Crippen LogP contribution in [0.5, 0.6) is 5.88 Å². The maximum atomic E-state index is 13.2. The van der Waals surface area contributed by atoms with Crippen molar-refractivity contribution < 1.29 is 13.7 Å². The van der Waals surface area contributed by atoms with Gasteiger partial charge in [0.25, 0.3) is 5.89 Å². The second-order valence-corrected chi connectivity index (χ2v) is 7.29. The van der Waals surface area contributed by atoms with E-state index >= 15 is 0 Å². The van der Waals surface area contributed by atoms with Gasteiger partial charge < -0.3 is 9.26 Å². The topological polar surface area (TPSA) is 73.9 Å². The molecule has 0 fully saturated rings. The van der Waals surface area contributed by atoms with Crippen LogP contribution < -0.4 is 4.74 Å². The number of thioether (sulfide) groups is 1. The monoisotopic (exact) mass is 422 g/mol. The standard InChI is InChI=1S/C22H19FN4O2S/c1-3-17-12-19(25-21(24-17)14-4-8-16(23)9-5-14)28-13-20-26-22(27-29-20)15-6-10-18(30-2)11-7-15/h4-12H,3,13H2,1-2H3. The first-order valence-electron chi connectivity index (χ1n) is 9.38. The summed E-state index contributed by atoms with van der Waals surface area (Å²) < 4.78 is 24.3. The predicted molar refractivity (Wildman–Crippen MR) is 113 cm³/mol. The number of aromatic nitrogens is 4. The highest BCUT2D eigenvalue weighted by Crippen LogP contribution is 2.23. The van der Waals surface area contributed by atoms with E-state index in [0.717, 1.165) is 11.3 Å². The highest BCUT2D eigenvalue weighted by molar-refractivity contribution is 7.98. The number of aryl methyl sites for hydroxylation is 1. The Morgan fingerprint density at radius 3 is 2.33 bits per heavy atom. The summed E-state index contributed by atoms with van der Waals surface area (Å²) in [6, 6.07) is 15.7. The number of nitrogens with zero attached hydrogens (tertiary/aromatic N) is 4. The van der Waals surface area contributed by atoms with E-state index in [4.69, 9.17) is 9.26 Å². The quantitative estimate of drug-likeness (QED) is 0.379. The van der Waals surface area contributed by atoms with Crippen LogP contribution in [0, 0.1) is 5.82 Å². The lowest BCUT2D eigenvalue weighted by atomic mass is 10.2. The molecule has 0 spiro atoms. The normalized spacial score (nSPS) is 10.9. The number of hydrogen-bond acceptors (Lipinski definition) is 7. The molecular formula is C22H19FN4O2S. The lowest BCUT2D eigenvalue weighted by Crippen LogP contribution is -2.02. The molecule has 2 aromatic heterocycles. The van der Waals surface area contributed by atoms with Gasteiger partial charge in [0.05, 0.1) is 0 Å². The minimum atomic E-state index is -0.308. The van der Waals surface area contributed by atoms with Gasteiger partial charge in [-0.15, -0.1) is 11.8 Å². The molecule has 0 amide bonds. The second kappa shape index (κ2) is 9.04. The van der Waals surface area contributed by atoms with Crippen LogP contribution in [-0.4, -0.2) is 26.4 Å². The van der Waals surface area contributed by atoms with Crippen molar-refractivity contribution in [1.82, 2.24) is 20.1 Å². The van der Waals surface area contributed by atoms with E-state index in [-0.39, 0.29) is 12.4 Å². The summed E-state index contributed by atoms with van der Waals surface area (Å²) in [5, 5.41) is 4.02. The molecule has 0 unspecified atom stereocenters. The van der Waals surface area contributed by atoms with E-state index in [2.05, 4.69) is 20.1 Å². The van der Waals surface area contributed by atoms with E-state index in [9.17, 15) is 4.39 Å². The van der Waals surface area contributed by atoms with Crippen LogP contribution in [0.2, 0.25) is 0 Å². The maximum absolute atomic E-state index is 13.2. The van der Waals surface area contributed by atoms with Crippen molar-refractivity contribution >= 4 is 11.8 Å². The van der Waals surface area contributed by atoms with Gasteiger partial charge in [-0.2, -0.15) is 9.97 Å². The number of rotatable bonds is 7. The minimum absolute atomic E-state index is 0.0823. The third-order valence-corrected chi connectivity index (χ3v) is 5.12. The summed E-state index contributed by atoms with van der Waals surface area (Å²) in [6.45, 7) is 2.08. The molecule has 0 aliphatic carbocycles. The largest absolute Gasteiger partial charge is 0.467 e. The van der Waals surface area contributed by atoms with Gasteiger partial charge in [0, 0.05) is 27.8 Å². The summed E-state index contributed by atoms with van der Waals surface area (Å²) in [4.78, 5) is 14.5. The summed E-state index contributed by atoms with van der Waals surface area (Å²) in [7, 11) is 0. The van der Waals surface area contributed by atoms with Crippen molar-refractivity contribution in [3.8, 4) is 28.7 Å². The van der Waals surface area contributed by atoms with Gasteiger partial charge in [-0.05, 0) is 61.2 Å². The fraction of sp³-hybridized carbons (Fsp3) is 0.182. The summed E-state index contributed by atoms with van der Waals surface area (Å²) in [5.74, 6) is 1.41. The minimum Gasteiger partial charge on any atom is -0.467 e. The zero-order valence-electron chi connectivity index (χ0n) is 16.5. The molecule has 4 aromatic rings. The first kappa shape index (κ1) is 20.0. The van der Waals surface area contributed by atoms with Crippen LogP contribution in [0.1, 0.15) is 18.5 Å². The number of hydrogen-bond donors (Lipinski definition) is 0. The Morgan fingerprint density at radius 1 is 0.933 bits per heavy atom. The molecule has 0 aliphatic rings. The van der Waals surface area contributed by atoms with Crippen molar-refractivity contribution in [2.24, 2.45) is 0 Å². The average Bonchev–Trinajstić information content (AvgIpc) is 3.27. The molecule has 0 saturated carbocycles. The second-order valence-electron chi connectivity index (χ2n) is 6.41. The van der Waals surface area contributed by atoms with E-state index in [1.165, 1.54) is 17.0 Å². The molecule has 0 aliphatic heterocycles. The van der Waals surface area contributed by atoms with Crippen molar-refractivity contribution in [1.29, 1.82) is 0 Å². The molecule has 0 N–H and O–H groups in total. The van der Waals surface area contributed by atoms with Gasteiger partial charge in [0.15, 0.2) is 12.4 Å². The number of benzene rings is 2. The molecular weight excluding hydrogens is 403 g/mol. The third-order valence-electron chi connectivity index (χ3n) is 4.38. The number of halogens is 1. The molecule has 152 valence electrons. The molecule has 30 heavy (non-hydrogen) atoms. The summed E-state index contributed by atoms with van der Waals surface area (Å²) in [6.07, 6.45) is 2.74. The van der Waals surface area contributed by atoms with Crippen LogP contribution in [-0.2, 0) is 13.0 Å². The fourth-order valence-electron chi connectivity index (χ4n) is 2.76. The average molecular weight is 422 g/mol. The van der Waals surface area contributed by atoms with Gasteiger partial charge in [-0.1, -0.05) is 12.1 Å². The van der Waals surface area contributed by atoms with Gasteiger partial charge in [-0.3, -0.25) is 0 Å². The van der Waals surface area contributed by atoms with Crippen LogP contribution in [0.3, 0.4) is 0 Å². The molecule has 8 heteroatoms. The molecule has 2 aromatic carbocycles. The van der Waals surface area contributed by atoms with Crippen LogP contribution in [0.25, 0.3) is 22.8 Å². The van der Waals surface area contributed by atoms with E-state index in [1.807, 2.05) is 37.4 Å². The lowest BCUT2D eigenvalue weighted by Gasteiger charge is -2.07. The maximum Gasteiger partial charge on any atom is 0.264 e. The SMILES string of the molecule is CCc1cc(OCc2nc(-c3ccc(SC)cc3)no2)nc(-c2ccc(F)cc2)n1. The van der Waals surface area contributed by atoms with Crippen molar-refractivity contribution in [2.45, 2.75) is 24.8 Å².